The molecule has 0 bridgehead atoms. The highest BCUT2D eigenvalue weighted by Gasteiger charge is 2.22. The Hall–Kier alpha value is -4.09. The summed E-state index contributed by atoms with van der Waals surface area (Å²) in [6.07, 6.45) is 1.08. The molecule has 182 valence electrons. The van der Waals surface area contributed by atoms with E-state index in [2.05, 4.69) is 25.1 Å². The van der Waals surface area contributed by atoms with Gasteiger partial charge in [0.25, 0.3) is 0 Å². The minimum absolute atomic E-state index is 0.299. The number of ether oxygens (including phenoxy) is 2. The number of aryl methyl sites for hydroxylation is 2. The van der Waals surface area contributed by atoms with E-state index in [-0.39, 0.29) is 0 Å². The van der Waals surface area contributed by atoms with Crippen LogP contribution in [0, 0.1) is 13.8 Å². The number of aromatic carboxylic acids is 1. The van der Waals surface area contributed by atoms with Gasteiger partial charge in [-0.25, -0.2) is 4.79 Å². The highest BCUT2D eigenvalue weighted by Crippen LogP contribution is 2.41. The summed E-state index contributed by atoms with van der Waals surface area (Å²) in [5.74, 6) is 2.43. The minimum Gasteiger partial charge on any atom is -0.478 e. The summed E-state index contributed by atoms with van der Waals surface area (Å²) in [5, 5.41) is 18.8. The summed E-state index contributed by atoms with van der Waals surface area (Å²) in [4.78, 5) is 10.9. The molecule has 2 N–H and O–H groups in total. The van der Waals surface area contributed by atoms with Gasteiger partial charge in [-0.05, 0) is 67.8 Å². The van der Waals surface area contributed by atoms with Gasteiger partial charge in [0.2, 0.25) is 0 Å². The number of fused-ring (bicyclic) bond motifs is 4. The molecule has 0 fully saturated rings. The van der Waals surface area contributed by atoms with Crippen molar-refractivity contribution in [2.75, 3.05) is 0 Å². The van der Waals surface area contributed by atoms with Gasteiger partial charge in [-0.15, -0.1) is 0 Å². The summed E-state index contributed by atoms with van der Waals surface area (Å²) in [5.41, 5.74) is 8.00. The number of para-hydroxylation sites is 1. The van der Waals surface area contributed by atoms with Gasteiger partial charge in [-0.3, -0.25) is 0 Å². The molecule has 0 amide bonds. The Morgan fingerprint density at radius 2 is 1.53 bits per heavy atom. The number of benzene rings is 4. The van der Waals surface area contributed by atoms with Crippen LogP contribution in [0.1, 0.15) is 62.3 Å². The first-order valence-corrected chi connectivity index (χ1v) is 12.0. The lowest BCUT2D eigenvalue weighted by molar-refractivity contribution is 0.0696. The van der Waals surface area contributed by atoms with Crippen LogP contribution in [0.5, 0.6) is 23.0 Å². The summed E-state index contributed by atoms with van der Waals surface area (Å²) in [6, 6.07) is 23.1. The zero-order chi connectivity index (χ0) is 25.4. The molecule has 2 aliphatic heterocycles. The Kier molecular flexibility index (Phi) is 6.25. The van der Waals surface area contributed by atoms with Gasteiger partial charge in [-0.1, -0.05) is 48.0 Å². The molecule has 2 heterocycles. The zero-order valence-electron chi connectivity index (χ0n) is 20.5. The third-order valence-electron chi connectivity index (χ3n) is 6.65. The smallest absolute Gasteiger partial charge is 0.335 e. The van der Waals surface area contributed by atoms with E-state index in [9.17, 15) is 9.90 Å². The minimum atomic E-state index is -0.909. The molecule has 0 saturated carbocycles. The van der Waals surface area contributed by atoms with E-state index >= 15 is 0 Å². The van der Waals surface area contributed by atoms with E-state index in [1.54, 1.807) is 25.1 Å². The average molecular weight is 481 g/mol. The fourth-order valence-corrected chi connectivity index (χ4v) is 4.72. The molecular formula is C31H28O5. The Morgan fingerprint density at radius 3 is 2.28 bits per heavy atom. The summed E-state index contributed by atoms with van der Waals surface area (Å²) in [7, 11) is 0. The first-order valence-electron chi connectivity index (χ1n) is 12.0. The van der Waals surface area contributed by atoms with Crippen molar-refractivity contribution >= 4 is 5.97 Å². The molecule has 2 aliphatic rings. The van der Waals surface area contributed by atoms with Crippen LogP contribution in [0.3, 0.4) is 0 Å². The lowest BCUT2D eigenvalue weighted by Gasteiger charge is -2.24. The number of carboxylic acid groups (broad SMARTS) is 1. The van der Waals surface area contributed by atoms with Gasteiger partial charge in [0.15, 0.2) is 0 Å². The maximum Gasteiger partial charge on any atom is 0.335 e. The predicted octanol–water partition coefficient (Wildman–Crippen LogP) is 7.13. The third kappa shape index (κ3) is 4.58. The second kappa shape index (κ2) is 9.51. The molecule has 36 heavy (non-hydrogen) atoms. The Bertz CT molecular complexity index is 1470. The molecule has 4 aromatic carbocycles. The van der Waals surface area contributed by atoms with E-state index in [0.717, 1.165) is 51.7 Å². The molecule has 1 atom stereocenters. The molecule has 6 rings (SSSR count). The predicted molar refractivity (Wildman–Crippen MR) is 139 cm³/mol. The largest absolute Gasteiger partial charge is 0.478 e. The molecule has 5 nitrogen and oxygen atoms in total. The summed E-state index contributed by atoms with van der Waals surface area (Å²) in [6.45, 7) is 5.90. The first-order chi connectivity index (χ1) is 17.3. The standard InChI is InChI=1S/C16H16O2.C15H12O3/c1-10-5-3-8-15-14(10)9-12-6-4-7-13(11(2)17)16(12)18-15;1-9-2-4-13-11(6-9)8-12-7-10(15(16)17)3-5-14(12)18-13/h3-8,11,17H,9H2,1-2H3;2-7H,8H2,1H3,(H,16,17). The van der Waals surface area contributed by atoms with Crippen LogP contribution in [0.4, 0.5) is 0 Å². The second-order valence-corrected chi connectivity index (χ2v) is 9.36. The fourth-order valence-electron chi connectivity index (χ4n) is 4.72. The fraction of sp³-hybridized carbons (Fsp3) is 0.194. The van der Waals surface area contributed by atoms with Crippen LogP contribution in [0.15, 0.2) is 72.8 Å². The number of rotatable bonds is 2. The number of carbonyl (C=O) groups is 1. The van der Waals surface area contributed by atoms with E-state index in [4.69, 9.17) is 14.6 Å². The van der Waals surface area contributed by atoms with Crippen molar-refractivity contribution in [3.05, 3.63) is 117 Å². The normalized spacial score (nSPS) is 13.3. The van der Waals surface area contributed by atoms with Crippen molar-refractivity contribution in [1.82, 2.24) is 0 Å². The Labute approximate surface area is 210 Å². The summed E-state index contributed by atoms with van der Waals surface area (Å²) >= 11 is 0. The first kappa shape index (κ1) is 23.6. The maximum atomic E-state index is 10.9. The third-order valence-corrected chi connectivity index (χ3v) is 6.65. The van der Waals surface area contributed by atoms with Crippen LogP contribution in [-0.2, 0) is 12.8 Å². The molecule has 0 aromatic heterocycles. The van der Waals surface area contributed by atoms with Crippen molar-refractivity contribution in [2.24, 2.45) is 0 Å². The molecular weight excluding hydrogens is 452 g/mol. The summed E-state index contributed by atoms with van der Waals surface area (Å²) < 4.78 is 11.8. The van der Waals surface area contributed by atoms with Gasteiger partial charge >= 0.3 is 5.97 Å². The molecule has 5 heteroatoms. The number of aliphatic hydroxyl groups is 1. The van der Waals surface area contributed by atoms with Gasteiger partial charge in [-0.2, -0.15) is 0 Å². The molecule has 4 aromatic rings. The van der Waals surface area contributed by atoms with Crippen LogP contribution < -0.4 is 9.47 Å². The quantitative estimate of drug-likeness (QED) is 0.276. The van der Waals surface area contributed by atoms with Crippen molar-refractivity contribution in [3.63, 3.8) is 0 Å². The van der Waals surface area contributed by atoms with E-state index < -0.39 is 12.1 Å². The lowest BCUT2D eigenvalue weighted by atomic mass is 9.94. The van der Waals surface area contributed by atoms with Gasteiger partial charge in [0, 0.05) is 29.5 Å². The molecule has 0 aliphatic carbocycles. The Balaban J connectivity index is 0.000000148. The molecule has 1 unspecified atom stereocenters. The van der Waals surface area contributed by atoms with E-state index in [1.165, 1.54) is 16.7 Å². The van der Waals surface area contributed by atoms with Gasteiger partial charge in [0.05, 0.1) is 11.7 Å². The van der Waals surface area contributed by atoms with Crippen LogP contribution in [-0.4, -0.2) is 16.2 Å². The molecule has 0 radical (unpaired) electrons. The van der Waals surface area contributed by atoms with Crippen molar-refractivity contribution in [1.29, 1.82) is 0 Å². The van der Waals surface area contributed by atoms with Crippen molar-refractivity contribution in [2.45, 2.75) is 39.7 Å². The van der Waals surface area contributed by atoms with Crippen molar-refractivity contribution in [3.8, 4) is 23.0 Å². The number of aliphatic hydroxyl groups excluding tert-OH is 1. The number of carboxylic acids is 1. The van der Waals surface area contributed by atoms with Crippen LogP contribution >= 0.6 is 0 Å². The van der Waals surface area contributed by atoms with Crippen LogP contribution in [0.25, 0.3) is 0 Å². The van der Waals surface area contributed by atoms with Gasteiger partial charge < -0.3 is 19.7 Å². The monoisotopic (exact) mass is 480 g/mol. The van der Waals surface area contributed by atoms with Crippen LogP contribution in [0.2, 0.25) is 0 Å². The van der Waals surface area contributed by atoms with Gasteiger partial charge in [0.1, 0.15) is 23.0 Å². The highest BCUT2D eigenvalue weighted by atomic mass is 16.5. The lowest BCUT2D eigenvalue weighted by Crippen LogP contribution is -2.08. The Morgan fingerprint density at radius 1 is 0.806 bits per heavy atom. The van der Waals surface area contributed by atoms with Crippen molar-refractivity contribution < 1.29 is 24.5 Å². The SMILES string of the molecule is Cc1ccc2c(c1)Cc1cc(C(=O)O)ccc1O2.Cc1cccc2c1Cc1cccc(C(C)O)c1O2. The van der Waals surface area contributed by atoms with E-state index in [1.807, 2.05) is 43.3 Å². The molecule has 0 saturated heterocycles. The van der Waals surface area contributed by atoms with E-state index in [0.29, 0.717) is 12.0 Å². The highest BCUT2D eigenvalue weighted by molar-refractivity contribution is 5.88. The zero-order valence-corrected chi connectivity index (χ0v) is 20.5. The number of hydrogen-bond donors (Lipinski definition) is 2. The molecule has 0 spiro atoms. The topological polar surface area (TPSA) is 76.0 Å². The number of hydrogen-bond acceptors (Lipinski definition) is 4. The second-order valence-electron chi connectivity index (χ2n) is 9.36. The maximum absolute atomic E-state index is 10.9. The average Bonchev–Trinajstić information content (AvgIpc) is 2.86.